The van der Waals surface area contributed by atoms with Gasteiger partial charge in [0.15, 0.2) is 0 Å². The molecule has 0 amide bonds. The molecule has 2 rings (SSSR count). The summed E-state index contributed by atoms with van der Waals surface area (Å²) in [6, 6.07) is 2.05. The largest absolute Gasteiger partial charge is 0.369 e. The zero-order valence-electron chi connectivity index (χ0n) is 11.2. The van der Waals surface area contributed by atoms with E-state index in [1.807, 2.05) is 0 Å². The molecule has 5 heteroatoms. The molecule has 0 aromatic carbocycles. The third kappa shape index (κ3) is 4.14. The minimum Gasteiger partial charge on any atom is -0.369 e. The SMILES string of the molecule is CC(C)c1cc(NCCN2CCSCC2)ncn1. The third-order valence-corrected chi connectivity index (χ3v) is 4.06. The van der Waals surface area contributed by atoms with E-state index in [9.17, 15) is 0 Å². The highest BCUT2D eigenvalue weighted by Gasteiger charge is 2.09. The van der Waals surface area contributed by atoms with Gasteiger partial charge in [-0.15, -0.1) is 0 Å². The van der Waals surface area contributed by atoms with Crippen LogP contribution in [0.3, 0.4) is 0 Å². The summed E-state index contributed by atoms with van der Waals surface area (Å²) in [6.45, 7) is 8.79. The Hall–Kier alpha value is -0.810. The molecule has 18 heavy (non-hydrogen) atoms. The molecule has 1 aliphatic heterocycles. The van der Waals surface area contributed by atoms with Gasteiger partial charge in [0.2, 0.25) is 0 Å². The lowest BCUT2D eigenvalue weighted by atomic mass is 10.1. The van der Waals surface area contributed by atoms with Crippen LogP contribution in [-0.4, -0.2) is 52.6 Å². The molecule has 1 aromatic heterocycles. The van der Waals surface area contributed by atoms with Crippen LogP contribution >= 0.6 is 11.8 Å². The standard InChI is InChI=1S/C13H22N4S/c1-11(2)12-9-13(16-10-15-12)14-3-4-17-5-7-18-8-6-17/h9-11H,3-8H2,1-2H3,(H,14,15,16). The quantitative estimate of drug-likeness (QED) is 0.883. The van der Waals surface area contributed by atoms with Gasteiger partial charge in [-0.2, -0.15) is 11.8 Å². The van der Waals surface area contributed by atoms with Gasteiger partial charge in [-0.25, -0.2) is 9.97 Å². The smallest absolute Gasteiger partial charge is 0.129 e. The molecule has 0 aliphatic carbocycles. The Morgan fingerprint density at radius 2 is 2.11 bits per heavy atom. The molecule has 0 unspecified atom stereocenters. The molecule has 0 bridgehead atoms. The van der Waals surface area contributed by atoms with E-state index < -0.39 is 0 Å². The van der Waals surface area contributed by atoms with E-state index >= 15 is 0 Å². The summed E-state index contributed by atoms with van der Waals surface area (Å²) in [5.74, 6) is 3.93. The lowest BCUT2D eigenvalue weighted by molar-refractivity contribution is 0.314. The molecule has 0 saturated carbocycles. The number of thioether (sulfide) groups is 1. The van der Waals surface area contributed by atoms with Crippen molar-refractivity contribution in [2.45, 2.75) is 19.8 Å². The van der Waals surface area contributed by atoms with Crippen molar-refractivity contribution in [1.82, 2.24) is 14.9 Å². The fourth-order valence-electron chi connectivity index (χ4n) is 1.95. The van der Waals surface area contributed by atoms with Gasteiger partial charge in [-0.05, 0) is 5.92 Å². The third-order valence-electron chi connectivity index (χ3n) is 3.12. The lowest BCUT2D eigenvalue weighted by Gasteiger charge is -2.26. The molecular weight excluding hydrogens is 244 g/mol. The number of anilines is 1. The normalized spacial score (nSPS) is 17.1. The van der Waals surface area contributed by atoms with Crippen LogP contribution in [0, 0.1) is 0 Å². The Kier molecular flexibility index (Phi) is 5.26. The number of hydrogen-bond acceptors (Lipinski definition) is 5. The van der Waals surface area contributed by atoms with Gasteiger partial charge in [-0.1, -0.05) is 13.8 Å². The number of aromatic nitrogens is 2. The molecule has 0 spiro atoms. The second-order valence-electron chi connectivity index (χ2n) is 4.86. The monoisotopic (exact) mass is 266 g/mol. The predicted octanol–water partition coefficient (Wildman–Crippen LogP) is 2.06. The van der Waals surface area contributed by atoms with Crippen molar-refractivity contribution in [1.29, 1.82) is 0 Å². The molecular formula is C13H22N4S. The Morgan fingerprint density at radius 3 is 2.83 bits per heavy atom. The van der Waals surface area contributed by atoms with Crippen molar-refractivity contribution in [3.63, 3.8) is 0 Å². The Labute approximate surface area is 114 Å². The van der Waals surface area contributed by atoms with Gasteiger partial charge in [0.1, 0.15) is 12.1 Å². The van der Waals surface area contributed by atoms with Crippen molar-refractivity contribution in [3.8, 4) is 0 Å². The fraction of sp³-hybridized carbons (Fsp3) is 0.692. The Balaban J connectivity index is 1.77. The van der Waals surface area contributed by atoms with Crippen molar-refractivity contribution in [3.05, 3.63) is 18.1 Å². The molecule has 1 fully saturated rings. The van der Waals surface area contributed by atoms with Crippen LogP contribution in [0.1, 0.15) is 25.5 Å². The Morgan fingerprint density at radius 1 is 1.33 bits per heavy atom. The van der Waals surface area contributed by atoms with E-state index in [4.69, 9.17) is 0 Å². The number of nitrogens with zero attached hydrogens (tertiary/aromatic N) is 3. The van der Waals surface area contributed by atoms with Crippen molar-refractivity contribution >= 4 is 17.6 Å². The maximum atomic E-state index is 4.27. The number of rotatable bonds is 5. The van der Waals surface area contributed by atoms with Crippen LogP contribution in [0.5, 0.6) is 0 Å². The average molecular weight is 266 g/mol. The molecule has 1 saturated heterocycles. The molecule has 1 N–H and O–H groups in total. The topological polar surface area (TPSA) is 41.0 Å². The summed E-state index contributed by atoms with van der Waals surface area (Å²) in [4.78, 5) is 11.0. The molecule has 100 valence electrons. The summed E-state index contributed by atoms with van der Waals surface area (Å²) in [7, 11) is 0. The highest BCUT2D eigenvalue weighted by molar-refractivity contribution is 7.99. The van der Waals surface area contributed by atoms with E-state index in [-0.39, 0.29) is 0 Å². The average Bonchev–Trinajstić information content (AvgIpc) is 2.40. The Bertz CT molecular complexity index is 364. The second kappa shape index (κ2) is 6.95. The maximum Gasteiger partial charge on any atom is 0.129 e. The highest BCUT2D eigenvalue weighted by atomic mass is 32.2. The molecule has 2 heterocycles. The van der Waals surface area contributed by atoms with E-state index in [1.54, 1.807) is 6.33 Å². The molecule has 1 aromatic rings. The first kappa shape index (κ1) is 13.6. The van der Waals surface area contributed by atoms with Crippen LogP contribution in [-0.2, 0) is 0 Å². The summed E-state index contributed by atoms with van der Waals surface area (Å²) in [5, 5.41) is 3.39. The van der Waals surface area contributed by atoms with Crippen LogP contribution in [0.15, 0.2) is 12.4 Å². The first-order valence-electron chi connectivity index (χ1n) is 6.61. The van der Waals surface area contributed by atoms with Gasteiger partial charge in [0.25, 0.3) is 0 Å². The summed E-state index contributed by atoms with van der Waals surface area (Å²) >= 11 is 2.05. The van der Waals surface area contributed by atoms with Gasteiger partial charge in [0.05, 0.1) is 0 Å². The van der Waals surface area contributed by atoms with E-state index in [0.29, 0.717) is 5.92 Å². The zero-order chi connectivity index (χ0) is 12.8. The van der Waals surface area contributed by atoms with Gasteiger partial charge in [0, 0.05) is 49.4 Å². The minimum absolute atomic E-state index is 0.452. The maximum absolute atomic E-state index is 4.27. The lowest BCUT2D eigenvalue weighted by Crippen LogP contribution is -2.36. The molecule has 0 radical (unpaired) electrons. The number of hydrogen-bond donors (Lipinski definition) is 1. The molecule has 0 atom stereocenters. The molecule has 1 aliphatic rings. The van der Waals surface area contributed by atoms with E-state index in [1.165, 1.54) is 24.6 Å². The predicted molar refractivity (Wildman–Crippen MR) is 78.4 cm³/mol. The molecule has 4 nitrogen and oxygen atoms in total. The van der Waals surface area contributed by atoms with Gasteiger partial charge in [-0.3, -0.25) is 4.90 Å². The second-order valence-corrected chi connectivity index (χ2v) is 6.09. The summed E-state index contributed by atoms with van der Waals surface area (Å²) < 4.78 is 0. The summed E-state index contributed by atoms with van der Waals surface area (Å²) in [5.41, 5.74) is 1.10. The van der Waals surface area contributed by atoms with E-state index in [0.717, 1.165) is 24.6 Å². The zero-order valence-corrected chi connectivity index (χ0v) is 12.0. The van der Waals surface area contributed by atoms with Crippen LogP contribution < -0.4 is 5.32 Å². The van der Waals surface area contributed by atoms with Gasteiger partial charge < -0.3 is 5.32 Å². The van der Waals surface area contributed by atoms with Crippen molar-refractivity contribution in [2.24, 2.45) is 0 Å². The first-order valence-corrected chi connectivity index (χ1v) is 7.77. The number of nitrogens with one attached hydrogen (secondary N) is 1. The van der Waals surface area contributed by atoms with Crippen molar-refractivity contribution in [2.75, 3.05) is 43.0 Å². The highest BCUT2D eigenvalue weighted by Crippen LogP contribution is 2.13. The van der Waals surface area contributed by atoms with Crippen LogP contribution in [0.25, 0.3) is 0 Å². The van der Waals surface area contributed by atoms with Gasteiger partial charge >= 0.3 is 0 Å². The fourth-order valence-corrected chi connectivity index (χ4v) is 2.93. The van der Waals surface area contributed by atoms with Crippen LogP contribution in [0.4, 0.5) is 5.82 Å². The minimum atomic E-state index is 0.452. The summed E-state index contributed by atoms with van der Waals surface area (Å²) in [6.07, 6.45) is 1.65. The first-order chi connectivity index (χ1) is 8.75. The van der Waals surface area contributed by atoms with E-state index in [2.05, 4.69) is 51.9 Å². The van der Waals surface area contributed by atoms with Crippen molar-refractivity contribution < 1.29 is 0 Å². The van der Waals surface area contributed by atoms with Crippen LogP contribution in [0.2, 0.25) is 0 Å².